The van der Waals surface area contributed by atoms with Gasteiger partial charge in [-0.05, 0) is 44.4 Å². The van der Waals surface area contributed by atoms with Crippen LogP contribution in [0.5, 0.6) is 0 Å². The van der Waals surface area contributed by atoms with Gasteiger partial charge in [-0.25, -0.2) is 0 Å². The number of hydrogen-bond acceptors (Lipinski definition) is 5. The number of nitriles is 1. The summed E-state index contributed by atoms with van der Waals surface area (Å²) in [6, 6.07) is 10.2. The Labute approximate surface area is 159 Å². The molecule has 2 unspecified atom stereocenters. The number of aryl methyl sites for hydroxylation is 2. The van der Waals surface area contributed by atoms with Crippen LogP contribution in [0.4, 0.5) is 0 Å². The lowest BCUT2D eigenvalue weighted by Crippen LogP contribution is -2.47. The highest BCUT2D eigenvalue weighted by Gasteiger charge is 2.41. The Morgan fingerprint density at radius 2 is 2.11 bits per heavy atom. The lowest BCUT2D eigenvalue weighted by molar-refractivity contribution is -0.140. The number of benzene rings is 1. The van der Waals surface area contributed by atoms with E-state index in [0.717, 1.165) is 55.1 Å². The fourth-order valence-electron chi connectivity index (χ4n) is 4.36. The van der Waals surface area contributed by atoms with Crippen LogP contribution in [0.3, 0.4) is 0 Å². The summed E-state index contributed by atoms with van der Waals surface area (Å²) in [5.41, 5.74) is 3.70. The van der Waals surface area contributed by atoms with Crippen LogP contribution in [0.15, 0.2) is 28.8 Å². The molecule has 6 heteroatoms. The highest BCUT2D eigenvalue weighted by Crippen LogP contribution is 2.32. The molecular formula is C21H24N4O2. The molecule has 3 fully saturated rings. The number of carbonyl (C=O) groups is 1. The third-order valence-corrected chi connectivity index (χ3v) is 5.84. The molecular weight excluding hydrogens is 340 g/mol. The lowest BCUT2D eigenvalue weighted by atomic mass is 9.93. The number of nitrogens with zero attached hydrogens (tertiary/aromatic N) is 4. The standard InChI is InChI=1S/C21H24N4O2/c1-14-20(15(2)27-23-14)13-25-19-7-6-18(21(25)26)11-24(12-19)10-17-5-3-4-16(8-17)9-22/h3-5,8,18-19H,6-7,10-13H2,1-2H3. The van der Waals surface area contributed by atoms with Crippen LogP contribution >= 0.6 is 0 Å². The summed E-state index contributed by atoms with van der Waals surface area (Å²) in [5.74, 6) is 1.09. The number of piperidine rings is 1. The van der Waals surface area contributed by atoms with E-state index in [1.165, 1.54) is 0 Å². The predicted molar refractivity (Wildman–Crippen MR) is 99.5 cm³/mol. The summed E-state index contributed by atoms with van der Waals surface area (Å²) in [4.78, 5) is 17.5. The van der Waals surface area contributed by atoms with Crippen molar-refractivity contribution in [3.8, 4) is 6.07 Å². The van der Waals surface area contributed by atoms with Crippen molar-refractivity contribution in [3.05, 3.63) is 52.4 Å². The Balaban J connectivity index is 1.52. The Morgan fingerprint density at radius 3 is 2.85 bits per heavy atom. The highest BCUT2D eigenvalue weighted by atomic mass is 16.5. The number of carbonyl (C=O) groups excluding carboxylic acids is 1. The molecule has 27 heavy (non-hydrogen) atoms. The molecule has 0 N–H and O–H groups in total. The third-order valence-electron chi connectivity index (χ3n) is 5.84. The number of aromatic nitrogens is 1. The van der Waals surface area contributed by atoms with Gasteiger partial charge >= 0.3 is 0 Å². The van der Waals surface area contributed by atoms with Crippen molar-refractivity contribution in [2.45, 2.75) is 45.8 Å². The van der Waals surface area contributed by atoms with E-state index >= 15 is 0 Å². The van der Waals surface area contributed by atoms with Crippen molar-refractivity contribution >= 4 is 5.91 Å². The molecule has 6 nitrogen and oxygen atoms in total. The number of amides is 1. The van der Waals surface area contributed by atoms with Gasteiger partial charge < -0.3 is 9.42 Å². The molecule has 2 atom stereocenters. The first kappa shape index (κ1) is 17.7. The fraction of sp³-hybridized carbons (Fsp3) is 0.476. The molecule has 5 rings (SSSR count). The largest absolute Gasteiger partial charge is 0.361 e. The average Bonchev–Trinajstić information content (AvgIpc) is 2.83. The zero-order valence-electron chi connectivity index (χ0n) is 15.8. The second kappa shape index (κ2) is 7.16. The summed E-state index contributed by atoms with van der Waals surface area (Å²) in [5, 5.41) is 13.1. The van der Waals surface area contributed by atoms with Gasteiger partial charge in [-0.3, -0.25) is 9.69 Å². The molecule has 140 valence electrons. The fourth-order valence-corrected chi connectivity index (χ4v) is 4.36. The third kappa shape index (κ3) is 3.47. The zero-order valence-corrected chi connectivity index (χ0v) is 15.8. The predicted octanol–water partition coefficient (Wildman–Crippen LogP) is 2.79. The Hall–Kier alpha value is -2.65. The van der Waals surface area contributed by atoms with Crippen LogP contribution < -0.4 is 0 Å². The van der Waals surface area contributed by atoms with E-state index in [2.05, 4.69) is 22.2 Å². The van der Waals surface area contributed by atoms with Crippen molar-refractivity contribution in [1.82, 2.24) is 15.0 Å². The van der Waals surface area contributed by atoms with Crippen LogP contribution in [0.2, 0.25) is 0 Å². The second-order valence-electron chi connectivity index (χ2n) is 7.70. The summed E-state index contributed by atoms with van der Waals surface area (Å²) >= 11 is 0. The summed E-state index contributed by atoms with van der Waals surface area (Å²) in [6.45, 7) is 6.84. The van der Waals surface area contributed by atoms with Gasteiger partial charge in [0.05, 0.1) is 29.8 Å². The SMILES string of the molecule is Cc1noc(C)c1CN1C(=O)C2CCC1CN(Cc1cccc(C#N)c1)C2. The Morgan fingerprint density at radius 1 is 1.26 bits per heavy atom. The normalized spacial score (nSPS) is 22.7. The van der Waals surface area contributed by atoms with Crippen LogP contribution in [0.1, 0.15) is 41.0 Å². The number of hydrogen-bond donors (Lipinski definition) is 0. The first-order valence-electron chi connectivity index (χ1n) is 9.48. The molecule has 2 bridgehead atoms. The molecule has 2 aromatic rings. The lowest BCUT2D eigenvalue weighted by Gasteiger charge is -2.36. The van der Waals surface area contributed by atoms with E-state index in [1.54, 1.807) is 0 Å². The topological polar surface area (TPSA) is 73.4 Å². The first-order valence-corrected chi connectivity index (χ1v) is 9.48. The quantitative estimate of drug-likeness (QED) is 0.834. The number of rotatable bonds is 4. The van der Waals surface area contributed by atoms with Crippen molar-refractivity contribution in [2.75, 3.05) is 13.1 Å². The van der Waals surface area contributed by atoms with E-state index < -0.39 is 0 Å². The van der Waals surface area contributed by atoms with Crippen molar-refractivity contribution in [2.24, 2.45) is 5.92 Å². The van der Waals surface area contributed by atoms with Crippen LogP contribution in [0, 0.1) is 31.1 Å². The highest BCUT2D eigenvalue weighted by molar-refractivity contribution is 5.80. The van der Waals surface area contributed by atoms with Gasteiger partial charge in [0.15, 0.2) is 0 Å². The smallest absolute Gasteiger partial charge is 0.227 e. The van der Waals surface area contributed by atoms with Crippen LogP contribution in [-0.4, -0.2) is 40.0 Å². The maximum absolute atomic E-state index is 13.1. The summed E-state index contributed by atoms with van der Waals surface area (Å²) < 4.78 is 5.28. The maximum Gasteiger partial charge on any atom is 0.227 e. The molecule has 1 aromatic heterocycles. The first-order chi connectivity index (χ1) is 13.0. The summed E-state index contributed by atoms with van der Waals surface area (Å²) in [6.07, 6.45) is 1.99. The summed E-state index contributed by atoms with van der Waals surface area (Å²) in [7, 11) is 0. The van der Waals surface area contributed by atoms with Gasteiger partial charge in [0.1, 0.15) is 5.76 Å². The molecule has 1 amide bonds. The molecule has 3 aliphatic rings. The van der Waals surface area contributed by atoms with E-state index in [9.17, 15) is 4.79 Å². The van der Waals surface area contributed by atoms with Gasteiger partial charge in [0.2, 0.25) is 5.91 Å². The Kier molecular flexibility index (Phi) is 4.71. The van der Waals surface area contributed by atoms with Crippen molar-refractivity contribution in [3.63, 3.8) is 0 Å². The zero-order chi connectivity index (χ0) is 19.0. The maximum atomic E-state index is 13.1. The Bertz CT molecular complexity index is 878. The molecule has 1 aromatic carbocycles. The minimum absolute atomic E-state index is 0.0448. The van der Waals surface area contributed by atoms with Gasteiger partial charge in [-0.1, -0.05) is 17.3 Å². The van der Waals surface area contributed by atoms with E-state index in [-0.39, 0.29) is 17.9 Å². The van der Waals surface area contributed by atoms with Crippen LogP contribution in [0.25, 0.3) is 0 Å². The van der Waals surface area contributed by atoms with E-state index in [4.69, 9.17) is 9.78 Å². The van der Waals surface area contributed by atoms with Gasteiger partial charge in [-0.2, -0.15) is 5.26 Å². The molecule has 3 aliphatic heterocycles. The molecule has 0 spiro atoms. The number of fused-ring (bicyclic) bond motifs is 4. The molecule has 0 radical (unpaired) electrons. The van der Waals surface area contributed by atoms with Crippen molar-refractivity contribution < 1.29 is 9.32 Å². The van der Waals surface area contributed by atoms with Gasteiger partial charge in [0.25, 0.3) is 0 Å². The van der Waals surface area contributed by atoms with Gasteiger partial charge in [0, 0.05) is 31.2 Å². The molecule has 0 aliphatic carbocycles. The van der Waals surface area contributed by atoms with E-state index in [0.29, 0.717) is 12.1 Å². The minimum atomic E-state index is 0.0448. The minimum Gasteiger partial charge on any atom is -0.361 e. The van der Waals surface area contributed by atoms with Crippen LogP contribution in [-0.2, 0) is 17.9 Å². The van der Waals surface area contributed by atoms with Crippen molar-refractivity contribution in [1.29, 1.82) is 5.26 Å². The van der Waals surface area contributed by atoms with Gasteiger partial charge in [-0.15, -0.1) is 0 Å². The molecule has 4 heterocycles. The second-order valence-corrected chi connectivity index (χ2v) is 7.70. The average molecular weight is 364 g/mol. The molecule has 3 saturated heterocycles. The molecule has 0 saturated carbocycles. The monoisotopic (exact) mass is 364 g/mol. The van der Waals surface area contributed by atoms with E-state index in [1.807, 2.05) is 36.9 Å².